The number of nitrogens with zero attached hydrogens (tertiary/aromatic N) is 2. The summed E-state index contributed by atoms with van der Waals surface area (Å²) in [5, 5.41) is 3.32. The number of rotatable bonds is 3. The molecule has 3 nitrogen and oxygen atoms in total. The van der Waals surface area contributed by atoms with Crippen molar-refractivity contribution in [2.45, 2.75) is 51.5 Å². The van der Waals surface area contributed by atoms with Crippen molar-refractivity contribution in [3.8, 4) is 0 Å². The fourth-order valence-corrected chi connectivity index (χ4v) is 3.82. The van der Waals surface area contributed by atoms with E-state index in [1.165, 1.54) is 50.8 Å². The van der Waals surface area contributed by atoms with Crippen LogP contribution < -0.4 is 10.2 Å². The third-order valence-electron chi connectivity index (χ3n) is 4.68. The molecule has 1 aromatic rings. The van der Waals surface area contributed by atoms with Crippen LogP contribution in [0.2, 0.25) is 0 Å². The average Bonchev–Trinajstić information content (AvgIpc) is 2.47. The lowest BCUT2D eigenvalue weighted by atomic mass is 9.78. The van der Waals surface area contributed by atoms with Crippen LogP contribution in [0.1, 0.15) is 45.4 Å². The molecule has 3 rings (SSSR count). The topological polar surface area (TPSA) is 28.2 Å². The molecule has 1 aliphatic heterocycles. The maximum atomic E-state index is 4.39. The molecule has 2 atom stereocenters. The first kappa shape index (κ1) is 12.8. The molecular weight excluding hydrogens is 234 g/mol. The Morgan fingerprint density at radius 2 is 2.11 bits per heavy atom. The number of piperidine rings is 1. The molecule has 0 radical (unpaired) electrons. The van der Waals surface area contributed by atoms with Crippen LogP contribution in [-0.4, -0.2) is 24.1 Å². The van der Waals surface area contributed by atoms with E-state index in [0.717, 1.165) is 24.3 Å². The van der Waals surface area contributed by atoms with Crippen LogP contribution in [0.4, 0.5) is 11.5 Å². The van der Waals surface area contributed by atoms with Crippen LogP contribution in [0, 0.1) is 5.92 Å². The van der Waals surface area contributed by atoms with E-state index in [1.54, 1.807) is 0 Å². The number of fused-ring (bicyclic) bond motifs is 1. The molecule has 1 aromatic heterocycles. The summed E-state index contributed by atoms with van der Waals surface area (Å²) in [6.45, 7) is 4.27. The van der Waals surface area contributed by atoms with E-state index < -0.39 is 0 Å². The third-order valence-corrected chi connectivity index (χ3v) is 4.68. The first-order valence-electron chi connectivity index (χ1n) is 7.85. The van der Waals surface area contributed by atoms with E-state index in [4.69, 9.17) is 0 Å². The molecule has 3 heteroatoms. The van der Waals surface area contributed by atoms with E-state index in [1.807, 2.05) is 6.20 Å². The highest BCUT2D eigenvalue weighted by atomic mass is 15.2. The van der Waals surface area contributed by atoms with E-state index in [9.17, 15) is 0 Å². The molecule has 1 aliphatic carbocycles. The molecule has 0 amide bonds. The van der Waals surface area contributed by atoms with Crippen molar-refractivity contribution in [2.75, 3.05) is 23.3 Å². The Morgan fingerprint density at radius 3 is 3.00 bits per heavy atom. The number of pyridine rings is 1. The number of aromatic nitrogens is 1. The lowest BCUT2D eigenvalue weighted by Crippen LogP contribution is -2.46. The molecule has 1 saturated heterocycles. The monoisotopic (exact) mass is 259 g/mol. The van der Waals surface area contributed by atoms with Crippen molar-refractivity contribution in [1.82, 2.24) is 4.98 Å². The van der Waals surface area contributed by atoms with Crippen molar-refractivity contribution < 1.29 is 0 Å². The van der Waals surface area contributed by atoms with Gasteiger partial charge >= 0.3 is 0 Å². The zero-order chi connectivity index (χ0) is 13.1. The van der Waals surface area contributed by atoms with Gasteiger partial charge in [-0.3, -0.25) is 0 Å². The Balaban J connectivity index is 1.81. The minimum absolute atomic E-state index is 0.777. The quantitative estimate of drug-likeness (QED) is 0.897. The summed E-state index contributed by atoms with van der Waals surface area (Å²) in [6.07, 6.45) is 10.4. The molecule has 0 bridgehead atoms. The summed E-state index contributed by atoms with van der Waals surface area (Å²) in [4.78, 5) is 7.04. The van der Waals surface area contributed by atoms with E-state index in [0.29, 0.717) is 0 Å². The average molecular weight is 259 g/mol. The molecule has 0 spiro atoms. The first-order valence-corrected chi connectivity index (χ1v) is 7.85. The second-order valence-electron chi connectivity index (χ2n) is 5.88. The largest absolute Gasteiger partial charge is 0.370 e. The minimum atomic E-state index is 0.777. The van der Waals surface area contributed by atoms with E-state index in [2.05, 4.69) is 34.3 Å². The summed E-state index contributed by atoms with van der Waals surface area (Å²) in [7, 11) is 0. The van der Waals surface area contributed by atoms with Crippen LogP contribution in [0.5, 0.6) is 0 Å². The molecule has 2 heterocycles. The molecule has 0 aromatic carbocycles. The Morgan fingerprint density at radius 1 is 1.26 bits per heavy atom. The van der Waals surface area contributed by atoms with Gasteiger partial charge in [0.15, 0.2) is 0 Å². The smallest absolute Gasteiger partial charge is 0.127 e. The van der Waals surface area contributed by atoms with Gasteiger partial charge in [0, 0.05) is 37.1 Å². The molecule has 19 heavy (non-hydrogen) atoms. The van der Waals surface area contributed by atoms with Gasteiger partial charge in [-0.15, -0.1) is 0 Å². The zero-order valence-corrected chi connectivity index (χ0v) is 11.9. The highest BCUT2D eigenvalue weighted by molar-refractivity contribution is 5.55. The van der Waals surface area contributed by atoms with Crippen molar-refractivity contribution in [2.24, 2.45) is 5.92 Å². The Labute approximate surface area is 116 Å². The van der Waals surface area contributed by atoms with Gasteiger partial charge < -0.3 is 10.2 Å². The van der Waals surface area contributed by atoms with Gasteiger partial charge in [0.1, 0.15) is 5.82 Å². The van der Waals surface area contributed by atoms with Crippen molar-refractivity contribution in [3.05, 3.63) is 18.3 Å². The summed E-state index contributed by atoms with van der Waals surface area (Å²) < 4.78 is 0. The number of anilines is 2. The van der Waals surface area contributed by atoms with Crippen LogP contribution >= 0.6 is 0 Å². The fourth-order valence-electron chi connectivity index (χ4n) is 3.82. The lowest BCUT2D eigenvalue weighted by Gasteiger charge is -2.45. The molecule has 2 aliphatic rings. The molecule has 0 unspecified atom stereocenters. The minimum Gasteiger partial charge on any atom is -0.370 e. The Hall–Kier alpha value is -1.25. The van der Waals surface area contributed by atoms with Gasteiger partial charge in [-0.05, 0) is 44.6 Å². The molecule has 1 saturated carbocycles. The Bertz CT molecular complexity index is 416. The van der Waals surface area contributed by atoms with Gasteiger partial charge in [-0.25, -0.2) is 4.98 Å². The van der Waals surface area contributed by atoms with Crippen molar-refractivity contribution in [1.29, 1.82) is 0 Å². The normalized spacial score (nSPS) is 26.9. The SMILES string of the molecule is CCNc1cc(N2CCC[C@H]3CCCC[C@H]32)ccn1. The van der Waals surface area contributed by atoms with Crippen LogP contribution in [0.3, 0.4) is 0 Å². The van der Waals surface area contributed by atoms with Crippen LogP contribution in [0.15, 0.2) is 18.3 Å². The van der Waals surface area contributed by atoms with Crippen LogP contribution in [0.25, 0.3) is 0 Å². The van der Waals surface area contributed by atoms with E-state index >= 15 is 0 Å². The van der Waals surface area contributed by atoms with Gasteiger partial charge in [-0.1, -0.05) is 12.8 Å². The number of hydrogen-bond acceptors (Lipinski definition) is 3. The predicted octanol–water partition coefficient (Wildman–Crippen LogP) is 3.67. The van der Waals surface area contributed by atoms with Crippen molar-refractivity contribution >= 4 is 11.5 Å². The second kappa shape index (κ2) is 5.81. The number of nitrogens with one attached hydrogen (secondary N) is 1. The predicted molar refractivity (Wildman–Crippen MR) is 80.7 cm³/mol. The second-order valence-corrected chi connectivity index (χ2v) is 5.88. The molecule has 2 fully saturated rings. The van der Waals surface area contributed by atoms with Gasteiger partial charge in [-0.2, -0.15) is 0 Å². The molecule has 104 valence electrons. The number of hydrogen-bond donors (Lipinski definition) is 1. The Kier molecular flexibility index (Phi) is 3.90. The summed E-state index contributed by atoms with van der Waals surface area (Å²) in [5.41, 5.74) is 1.36. The van der Waals surface area contributed by atoms with Gasteiger partial charge in [0.05, 0.1) is 0 Å². The first-order chi connectivity index (χ1) is 9.38. The summed E-state index contributed by atoms with van der Waals surface area (Å²) in [6, 6.07) is 5.18. The highest BCUT2D eigenvalue weighted by Gasteiger charge is 2.33. The van der Waals surface area contributed by atoms with E-state index in [-0.39, 0.29) is 0 Å². The fraction of sp³-hybridized carbons (Fsp3) is 0.688. The maximum Gasteiger partial charge on any atom is 0.127 e. The van der Waals surface area contributed by atoms with Gasteiger partial charge in [0.25, 0.3) is 0 Å². The summed E-state index contributed by atoms with van der Waals surface area (Å²) >= 11 is 0. The standard InChI is InChI=1S/C16H25N3/c1-2-17-16-12-14(9-10-18-16)19-11-5-7-13-6-3-4-8-15(13)19/h9-10,12-13,15H,2-8,11H2,1H3,(H,17,18)/t13-,15-/m1/s1. The van der Waals surface area contributed by atoms with Crippen molar-refractivity contribution in [3.63, 3.8) is 0 Å². The van der Waals surface area contributed by atoms with Crippen LogP contribution in [-0.2, 0) is 0 Å². The molecule has 1 N–H and O–H groups in total. The van der Waals surface area contributed by atoms with Gasteiger partial charge in [0.2, 0.25) is 0 Å². The maximum absolute atomic E-state index is 4.39. The third kappa shape index (κ3) is 2.70. The molecular formula is C16H25N3. The lowest BCUT2D eigenvalue weighted by molar-refractivity contribution is 0.244. The zero-order valence-electron chi connectivity index (χ0n) is 11.9. The highest BCUT2D eigenvalue weighted by Crippen LogP contribution is 2.37. The summed E-state index contributed by atoms with van der Waals surface area (Å²) in [5.74, 6) is 1.94.